The molecule has 1 aliphatic carbocycles. The lowest BCUT2D eigenvalue weighted by atomic mass is 9.80. The Balaban J connectivity index is 1.68. The van der Waals surface area contributed by atoms with E-state index in [0.29, 0.717) is 0 Å². The van der Waals surface area contributed by atoms with Crippen LogP contribution in [0.25, 0.3) is 0 Å². The van der Waals surface area contributed by atoms with Gasteiger partial charge in [-0.2, -0.15) is 0 Å². The third kappa shape index (κ3) is 2.98. The molecule has 4 heteroatoms. The van der Waals surface area contributed by atoms with Crippen molar-refractivity contribution >= 4 is 6.09 Å². The number of hydrogen-bond acceptors (Lipinski definition) is 3. The fraction of sp³-hybridized carbons (Fsp3) is 0.611. The minimum absolute atomic E-state index is 0.0274. The summed E-state index contributed by atoms with van der Waals surface area (Å²) in [7, 11) is 0. The molecule has 1 aliphatic heterocycles. The maximum Gasteiger partial charge on any atom is 0.410 e. The van der Waals surface area contributed by atoms with Crippen molar-refractivity contribution in [1.29, 1.82) is 0 Å². The second-order valence-corrected chi connectivity index (χ2v) is 6.81. The van der Waals surface area contributed by atoms with Crippen molar-refractivity contribution in [2.75, 3.05) is 6.54 Å². The van der Waals surface area contributed by atoms with Crippen molar-refractivity contribution in [3.05, 3.63) is 35.4 Å². The van der Waals surface area contributed by atoms with E-state index >= 15 is 0 Å². The summed E-state index contributed by atoms with van der Waals surface area (Å²) >= 11 is 0. The van der Waals surface area contributed by atoms with Crippen molar-refractivity contribution in [3.63, 3.8) is 0 Å². The van der Waals surface area contributed by atoms with E-state index in [0.717, 1.165) is 44.2 Å². The summed E-state index contributed by atoms with van der Waals surface area (Å²) in [6, 6.07) is 8.33. The molecule has 4 nitrogen and oxygen atoms in total. The number of amides is 1. The van der Waals surface area contributed by atoms with E-state index in [2.05, 4.69) is 38.1 Å². The molecule has 1 saturated carbocycles. The van der Waals surface area contributed by atoms with E-state index in [4.69, 9.17) is 4.74 Å². The van der Waals surface area contributed by atoms with E-state index < -0.39 is 0 Å². The number of carbonyl (C=O) groups excluding carboxylic acids is 1. The van der Waals surface area contributed by atoms with E-state index in [9.17, 15) is 9.90 Å². The summed E-state index contributed by atoms with van der Waals surface area (Å²) in [6.07, 6.45) is 3.47. The smallest absolute Gasteiger partial charge is 0.410 e. The minimum Gasteiger partial charge on any atom is -0.443 e. The molecule has 1 amide bonds. The van der Waals surface area contributed by atoms with Crippen LogP contribution in [0.1, 0.15) is 56.2 Å². The highest BCUT2D eigenvalue weighted by molar-refractivity contribution is 5.69. The molecular formula is C18H25NO3. The molecule has 1 spiro atoms. The van der Waals surface area contributed by atoms with Crippen LogP contribution in [0.2, 0.25) is 0 Å². The lowest BCUT2D eigenvalue weighted by Gasteiger charge is -2.45. The van der Waals surface area contributed by atoms with Crippen LogP contribution in [0.5, 0.6) is 0 Å². The molecule has 0 radical (unpaired) electrons. The second kappa shape index (κ2) is 5.92. The first kappa shape index (κ1) is 15.3. The first-order valence-corrected chi connectivity index (χ1v) is 8.23. The fourth-order valence-corrected chi connectivity index (χ4v) is 3.57. The lowest BCUT2D eigenvalue weighted by molar-refractivity contribution is -0.0908. The Morgan fingerprint density at radius 2 is 1.86 bits per heavy atom. The number of aryl methyl sites for hydroxylation is 1. The Morgan fingerprint density at radius 3 is 2.45 bits per heavy atom. The quantitative estimate of drug-likeness (QED) is 0.908. The van der Waals surface area contributed by atoms with Crippen LogP contribution in [0.4, 0.5) is 4.79 Å². The summed E-state index contributed by atoms with van der Waals surface area (Å²) in [4.78, 5) is 14.3. The van der Waals surface area contributed by atoms with Crippen molar-refractivity contribution in [2.24, 2.45) is 0 Å². The standard InChI is InChI=1S/C18H25NO3/c1-13-3-5-15(6-4-13)14(2)19-12-11-18(22-17(19)21)9-7-16(20)8-10-18/h3-6,14,16,20H,7-12H2,1-2H3/t14-,16-,18-/m0/s1. The molecule has 1 aromatic carbocycles. The third-order valence-corrected chi connectivity index (χ3v) is 5.24. The molecule has 0 aromatic heterocycles. The van der Waals surface area contributed by atoms with Crippen molar-refractivity contribution in [1.82, 2.24) is 4.90 Å². The molecule has 1 atom stereocenters. The van der Waals surface area contributed by atoms with E-state index in [1.54, 1.807) is 0 Å². The Bertz CT molecular complexity index is 532. The van der Waals surface area contributed by atoms with Gasteiger partial charge in [-0.25, -0.2) is 4.79 Å². The van der Waals surface area contributed by atoms with Crippen LogP contribution in [-0.4, -0.2) is 34.3 Å². The van der Waals surface area contributed by atoms with Gasteiger partial charge in [0.25, 0.3) is 0 Å². The van der Waals surface area contributed by atoms with E-state index in [1.807, 2.05) is 4.90 Å². The van der Waals surface area contributed by atoms with E-state index in [-0.39, 0.29) is 23.8 Å². The molecule has 1 heterocycles. The number of nitrogens with zero attached hydrogens (tertiary/aromatic N) is 1. The van der Waals surface area contributed by atoms with Gasteiger partial charge in [-0.15, -0.1) is 0 Å². The molecule has 1 aromatic rings. The molecule has 22 heavy (non-hydrogen) atoms. The maximum absolute atomic E-state index is 12.5. The zero-order valence-corrected chi connectivity index (χ0v) is 13.4. The monoisotopic (exact) mass is 303 g/mol. The zero-order chi connectivity index (χ0) is 15.7. The Labute approximate surface area is 132 Å². The number of benzene rings is 1. The second-order valence-electron chi connectivity index (χ2n) is 6.81. The number of aliphatic hydroxyl groups excluding tert-OH is 1. The molecule has 3 rings (SSSR count). The molecule has 2 aliphatic rings. The predicted octanol–water partition coefficient (Wildman–Crippen LogP) is 3.57. The van der Waals surface area contributed by atoms with Gasteiger partial charge in [0.15, 0.2) is 0 Å². The summed E-state index contributed by atoms with van der Waals surface area (Å²) in [5.41, 5.74) is 2.02. The number of aliphatic hydroxyl groups is 1. The molecule has 0 unspecified atom stereocenters. The third-order valence-electron chi connectivity index (χ3n) is 5.24. The maximum atomic E-state index is 12.5. The van der Waals surface area contributed by atoms with Crippen molar-refractivity contribution in [2.45, 2.75) is 63.7 Å². The molecule has 2 fully saturated rings. The first-order valence-electron chi connectivity index (χ1n) is 8.23. The van der Waals surface area contributed by atoms with Crippen LogP contribution < -0.4 is 0 Å². The van der Waals surface area contributed by atoms with E-state index in [1.165, 1.54) is 5.56 Å². The van der Waals surface area contributed by atoms with Gasteiger partial charge in [-0.3, -0.25) is 0 Å². The Kier molecular flexibility index (Phi) is 4.13. The van der Waals surface area contributed by atoms with Gasteiger partial charge in [-0.05, 0) is 45.1 Å². The topological polar surface area (TPSA) is 49.8 Å². The number of hydrogen-bond donors (Lipinski definition) is 1. The van der Waals surface area contributed by atoms with Crippen LogP contribution >= 0.6 is 0 Å². The van der Waals surface area contributed by atoms with Crippen LogP contribution in [0, 0.1) is 6.92 Å². The van der Waals surface area contributed by atoms with Gasteiger partial charge in [0.1, 0.15) is 5.60 Å². The van der Waals surface area contributed by atoms with Crippen LogP contribution in [-0.2, 0) is 4.74 Å². The zero-order valence-electron chi connectivity index (χ0n) is 13.4. The van der Waals surface area contributed by atoms with Gasteiger partial charge in [0, 0.05) is 13.0 Å². The number of ether oxygens (including phenoxy) is 1. The highest BCUT2D eigenvalue weighted by Crippen LogP contribution is 2.39. The number of carbonyl (C=O) groups is 1. The predicted molar refractivity (Wildman–Crippen MR) is 84.6 cm³/mol. The van der Waals surface area contributed by atoms with Gasteiger partial charge in [0.2, 0.25) is 0 Å². The molecular weight excluding hydrogens is 278 g/mol. The van der Waals surface area contributed by atoms with Gasteiger partial charge >= 0.3 is 6.09 Å². The van der Waals surface area contributed by atoms with Crippen LogP contribution in [0.15, 0.2) is 24.3 Å². The Morgan fingerprint density at radius 1 is 1.23 bits per heavy atom. The Hall–Kier alpha value is -1.55. The van der Waals surface area contributed by atoms with Crippen molar-refractivity contribution < 1.29 is 14.6 Å². The summed E-state index contributed by atoms with van der Waals surface area (Å²) < 4.78 is 5.82. The fourth-order valence-electron chi connectivity index (χ4n) is 3.57. The highest BCUT2D eigenvalue weighted by Gasteiger charge is 2.44. The van der Waals surface area contributed by atoms with Gasteiger partial charge in [-0.1, -0.05) is 29.8 Å². The summed E-state index contributed by atoms with van der Waals surface area (Å²) in [6.45, 7) is 4.84. The molecule has 0 bridgehead atoms. The normalized spacial score (nSPS) is 30.2. The molecule has 1 saturated heterocycles. The average molecular weight is 303 g/mol. The highest BCUT2D eigenvalue weighted by atomic mass is 16.6. The minimum atomic E-state index is -0.334. The summed E-state index contributed by atoms with van der Waals surface area (Å²) in [5, 5.41) is 9.65. The largest absolute Gasteiger partial charge is 0.443 e. The lowest BCUT2D eigenvalue weighted by Crippen LogP contribution is -2.52. The average Bonchev–Trinajstić information content (AvgIpc) is 2.51. The molecule has 1 N–H and O–H groups in total. The van der Waals surface area contributed by atoms with Crippen LogP contribution in [0.3, 0.4) is 0 Å². The van der Waals surface area contributed by atoms with Gasteiger partial charge < -0.3 is 14.7 Å². The number of rotatable bonds is 2. The SMILES string of the molecule is Cc1ccc([C@H](C)N2CC[C@]3(CC[C@@H](O)CC3)OC2=O)cc1. The van der Waals surface area contributed by atoms with Gasteiger partial charge in [0.05, 0.1) is 12.1 Å². The molecule has 120 valence electrons. The first-order chi connectivity index (χ1) is 10.5. The summed E-state index contributed by atoms with van der Waals surface area (Å²) in [5.74, 6) is 0. The van der Waals surface area contributed by atoms with Crippen molar-refractivity contribution in [3.8, 4) is 0 Å².